The van der Waals surface area contributed by atoms with E-state index in [1.807, 2.05) is 77.9 Å². The van der Waals surface area contributed by atoms with Gasteiger partial charge in [-0.1, -0.05) is 157 Å². The molecule has 0 atom stereocenters. The Bertz CT molecular complexity index is 6910. The van der Waals surface area contributed by atoms with Gasteiger partial charge in [-0.15, -0.1) is 10.2 Å². The Kier molecular flexibility index (Phi) is 39.8. The third-order valence-electron chi connectivity index (χ3n) is 20.0. The number of halogens is 2. The first kappa shape index (κ1) is 108. The number of anilines is 2. The highest BCUT2D eigenvalue weighted by molar-refractivity contribution is 9.10. The second-order valence-corrected chi connectivity index (χ2v) is 31.0. The van der Waals surface area contributed by atoms with Crippen molar-refractivity contribution in [2.75, 3.05) is 10.7 Å². The molecule has 14 aromatic rings. The number of carboxylic acids is 5. The zero-order chi connectivity index (χ0) is 103. The van der Waals surface area contributed by atoms with E-state index in [-0.39, 0.29) is 107 Å². The molecule has 15 rings (SSSR count). The Hall–Kier alpha value is -17.7. The molecule has 1 aromatic heterocycles. The van der Waals surface area contributed by atoms with E-state index in [0.717, 1.165) is 27.0 Å². The number of phenols is 4. The molecule has 713 valence electrons. The molecule has 1 amide bonds. The van der Waals surface area contributed by atoms with Gasteiger partial charge in [-0.2, -0.15) is 5.10 Å². The molecule has 0 fully saturated rings. The molecule has 1 aliphatic rings. The molecule has 1 aliphatic heterocycles. The number of nitro benzene ring substituents is 4. The third kappa shape index (κ3) is 29.7. The average molecular weight is 2020 g/mol. The second kappa shape index (κ2) is 51.0. The number of nitrogens with two attached hydrogens (primary N) is 1. The highest BCUT2D eigenvalue weighted by Crippen LogP contribution is 2.41. The quantitative estimate of drug-likeness (QED) is 0.00893. The number of azo groups is 1. The maximum atomic E-state index is 12.9. The van der Waals surface area contributed by atoms with E-state index in [1.54, 1.807) is 130 Å². The standard InChI is InChI=1S/C25H22N4O4.C14H11NO4.C13H9NO5.C13H11NO3.C12H14N2O.C7H6BO4.C7H6BrNO2.C6H4BrNO3.C2H6/c1-14-10-11-19(12-15(14)2)29-24(31)22(16(3)28-29)27-26-21-9-5-8-20(23(21)30)17-6-4-7-18(13-17)25(32)33;1-9-12(6-3-7-13(9)15(18)19)10-4-2-5-11(8-10)14(16)17;15-12-10(5-2-6-11(12)14(18)19)8-3-1-4-9(7-8)13(16)17;14-11-6-2-5-10(12(11)15)8-3-1-4-9(7-8)13(16)17;1-8-4-5-11(6-9(8)2)14-12(15)7-10(3)13-14;9-7(10)5-2-1-3-6(4-5)12-8-11;1-5-6(8)3-2-4-7(5)9(10)11;7-4-2-1-3-5(6(4)9)8(10)11;1-2/h4-13,28,30H,1-3H3,(H,32,33);2-8H,1H3,(H,16,17);1-7,15H,(H,16,17);1-7,15H,14H2,(H,16,17);4-6H,7H2,1-3H3;1-4,11H,(H,9,10);2-4H,1H3;1-3,9H;1-2H3. The predicted octanol–water partition coefficient (Wildman–Crippen LogP) is 22.3. The van der Waals surface area contributed by atoms with Crippen LogP contribution < -0.4 is 21.0 Å². The number of para-hydroxylation sites is 4. The maximum Gasteiger partial charge on any atom is 0.569 e. The van der Waals surface area contributed by atoms with Gasteiger partial charge in [0.25, 0.3) is 22.8 Å². The van der Waals surface area contributed by atoms with Crippen molar-refractivity contribution in [3.8, 4) is 78.9 Å². The van der Waals surface area contributed by atoms with Gasteiger partial charge in [-0.05, 0) is 237 Å². The van der Waals surface area contributed by atoms with Crippen molar-refractivity contribution >= 4 is 127 Å². The minimum Gasteiger partial charge on any atom is -0.537 e. The lowest BCUT2D eigenvalue weighted by molar-refractivity contribution is -0.386. The lowest BCUT2D eigenvalue weighted by Crippen LogP contribution is -2.19. The third-order valence-corrected chi connectivity index (χ3v) is 21.5. The van der Waals surface area contributed by atoms with Crippen molar-refractivity contribution < 1.29 is 104 Å². The number of aryl methyl sites for hydroxylation is 5. The van der Waals surface area contributed by atoms with Crippen LogP contribution in [0, 0.1) is 88.9 Å². The monoisotopic (exact) mass is 2020 g/mol. The number of nitro groups is 4. The number of carbonyl (C=O) groups is 6. The van der Waals surface area contributed by atoms with Crippen molar-refractivity contribution in [3.05, 3.63) is 394 Å². The fourth-order valence-electron chi connectivity index (χ4n) is 12.6. The molecule has 1 radical (unpaired) electrons. The summed E-state index contributed by atoms with van der Waals surface area (Å²) in [6.07, 6.45) is 0.437. The fourth-order valence-corrected chi connectivity index (χ4v) is 13.3. The van der Waals surface area contributed by atoms with E-state index in [2.05, 4.69) is 63.9 Å². The molecular weight excluding hydrogens is 1930 g/mol. The minimum atomic E-state index is -1.10. The number of nitrogens with zero attached hydrogens (tertiary/aromatic N) is 9. The van der Waals surface area contributed by atoms with Crippen LogP contribution in [0.15, 0.2) is 296 Å². The molecule has 2 heterocycles. The first-order valence-corrected chi connectivity index (χ1v) is 42.7. The van der Waals surface area contributed by atoms with Gasteiger partial charge in [-0.25, -0.2) is 33.7 Å². The Morgan fingerprint density at radius 2 is 0.784 bits per heavy atom. The molecule has 13 N–H and O–H groups in total. The number of aromatic carboxylic acids is 5. The average Bonchev–Trinajstić information content (AvgIpc) is 1.68. The summed E-state index contributed by atoms with van der Waals surface area (Å²) in [5, 5.41) is 151. The Balaban J connectivity index is 0.000000222. The summed E-state index contributed by atoms with van der Waals surface area (Å²) in [7, 11) is 0.501. The van der Waals surface area contributed by atoms with Gasteiger partial charge in [0.05, 0.1) is 81.2 Å². The number of hydrogen-bond acceptors (Lipinski definition) is 25. The Labute approximate surface area is 809 Å². The number of carboxylic acid groups (broad SMARTS) is 5. The highest BCUT2D eigenvalue weighted by Gasteiger charge is 2.25. The van der Waals surface area contributed by atoms with Crippen LogP contribution in [0.3, 0.4) is 0 Å². The van der Waals surface area contributed by atoms with E-state index in [0.29, 0.717) is 80.0 Å². The zero-order valence-electron chi connectivity index (χ0n) is 75.6. The number of aromatic hydroxyl groups is 4. The first-order chi connectivity index (χ1) is 65.9. The molecule has 0 saturated heterocycles. The zero-order valence-corrected chi connectivity index (χ0v) is 78.7. The normalized spacial score (nSPS) is 10.7. The molecule has 0 aliphatic carbocycles. The number of rotatable bonds is 19. The number of benzene rings is 13. The molecule has 139 heavy (non-hydrogen) atoms. The van der Waals surface area contributed by atoms with Gasteiger partial charge in [-0.3, -0.25) is 55.1 Å². The number of hydrogen-bond donors (Lipinski definition) is 12. The fraction of sp³-hybridized carbons (Fsp3) is 0.111. The number of H-pyrrole nitrogens is 1. The number of nitrogens with one attached hydrogen (secondary N) is 1. The minimum absolute atomic E-state index is 0.0261. The van der Waals surface area contributed by atoms with Crippen LogP contribution >= 0.6 is 31.9 Å². The molecule has 0 bridgehead atoms. The summed E-state index contributed by atoms with van der Waals surface area (Å²) in [5.41, 5.74) is 18.6. The van der Waals surface area contributed by atoms with Gasteiger partial charge < -0.3 is 61.4 Å². The van der Waals surface area contributed by atoms with Crippen molar-refractivity contribution in [1.29, 1.82) is 0 Å². The van der Waals surface area contributed by atoms with E-state index >= 15 is 0 Å². The van der Waals surface area contributed by atoms with Crippen molar-refractivity contribution in [1.82, 2.24) is 9.78 Å². The van der Waals surface area contributed by atoms with Crippen molar-refractivity contribution in [3.63, 3.8) is 0 Å². The van der Waals surface area contributed by atoms with Crippen LogP contribution in [0.1, 0.15) is 118 Å². The van der Waals surface area contributed by atoms with Gasteiger partial charge in [0.1, 0.15) is 17.2 Å². The summed E-state index contributed by atoms with van der Waals surface area (Å²) in [6.45, 7) is 19.0. The topological polar surface area (TPSA) is 591 Å². The molecular formula is C99H89BBr2N11O26. The summed E-state index contributed by atoms with van der Waals surface area (Å²) in [5.74, 6) is -5.89. The smallest absolute Gasteiger partial charge is 0.537 e. The number of aromatic amines is 1. The molecule has 37 nitrogen and oxygen atoms in total. The second-order valence-electron chi connectivity index (χ2n) is 29.3. The Morgan fingerprint density at radius 1 is 0.417 bits per heavy atom. The first-order valence-electron chi connectivity index (χ1n) is 41.1. The van der Waals surface area contributed by atoms with E-state index < -0.39 is 56.1 Å². The van der Waals surface area contributed by atoms with E-state index in [9.17, 15) is 94.4 Å². The SMILES string of the molecule is CC.CC1=NN(c2ccc(C)c(C)c2)C(=O)C1.Cc1c(-c2cccc(C(=O)O)c2)cccc1[N+](=O)[O-].Cc1c(Br)cccc1[N+](=O)[O-].Cc1ccc(-n2[nH]c(C)c(N=Nc3cccc(-c4cccc(C(=O)O)c4)c3O)c2=O)cc1C.Nc1cccc(-c2cccc(C(=O)O)c2)c1O.O=C(O)c1cccc(-c2cccc([N+](=O)[O-])c2O)c1.O=C(O)c1cccc(O[B]O)c1.O=[N+]([O-])c1cccc(Br)c1O. The largest absolute Gasteiger partial charge is 0.569 e. The van der Waals surface area contributed by atoms with Crippen molar-refractivity contribution in [2.24, 2.45) is 15.3 Å². The lowest BCUT2D eigenvalue weighted by atomic mass is 9.98. The Morgan fingerprint density at radius 3 is 1.21 bits per heavy atom. The number of amides is 1. The molecule has 13 aromatic carbocycles. The van der Waals surface area contributed by atoms with Gasteiger partial charge in [0.2, 0.25) is 11.5 Å². The molecule has 0 unspecified atom stereocenters. The number of phenolic OH excluding ortho intramolecular Hbond substituents is 4. The number of nitrogen functional groups attached to an aromatic ring is 1. The number of carbonyl (C=O) groups excluding carboxylic acids is 1. The van der Waals surface area contributed by atoms with Crippen LogP contribution in [0.2, 0.25) is 0 Å². The van der Waals surface area contributed by atoms with Gasteiger partial charge in [0.15, 0.2) is 11.4 Å². The lowest BCUT2D eigenvalue weighted by Gasteiger charge is -2.13. The maximum absolute atomic E-state index is 12.9. The molecule has 0 saturated carbocycles. The summed E-state index contributed by atoms with van der Waals surface area (Å²) in [6, 6.07) is 70.1. The van der Waals surface area contributed by atoms with Crippen LogP contribution in [0.25, 0.3) is 50.2 Å². The van der Waals surface area contributed by atoms with Crippen LogP contribution in [0.5, 0.6) is 28.7 Å². The number of hydrazone groups is 1. The summed E-state index contributed by atoms with van der Waals surface area (Å²) < 4.78 is 7.07. The van der Waals surface area contributed by atoms with Crippen LogP contribution in [0.4, 0.5) is 45.5 Å². The highest BCUT2D eigenvalue weighted by atomic mass is 79.9. The van der Waals surface area contributed by atoms with Crippen LogP contribution in [-0.2, 0) is 4.79 Å². The van der Waals surface area contributed by atoms with Crippen LogP contribution in [-0.4, -0.2) is 130 Å². The molecule has 0 spiro atoms. The van der Waals surface area contributed by atoms with Gasteiger partial charge in [0, 0.05) is 62.3 Å². The van der Waals surface area contributed by atoms with E-state index in [4.69, 9.17) is 36.3 Å². The predicted molar refractivity (Wildman–Crippen MR) is 530 cm³/mol. The van der Waals surface area contributed by atoms with E-state index in [1.165, 1.54) is 142 Å². The molecule has 40 heteroatoms. The summed E-state index contributed by atoms with van der Waals surface area (Å²) >= 11 is 6.17. The van der Waals surface area contributed by atoms with Gasteiger partial charge >= 0.3 is 48.9 Å². The van der Waals surface area contributed by atoms with Crippen molar-refractivity contribution in [2.45, 2.75) is 75.7 Å². The number of aromatic nitrogens is 2. The summed E-state index contributed by atoms with van der Waals surface area (Å²) in [4.78, 5) is 119.